The number of rotatable bonds is 8. The zero-order chi connectivity index (χ0) is 14.2. The number of hydrogen-bond donors (Lipinski definition) is 1. The van der Waals surface area contributed by atoms with E-state index in [1.54, 1.807) is 11.8 Å². The zero-order valence-corrected chi connectivity index (χ0v) is 11.9. The highest BCUT2D eigenvalue weighted by atomic mass is 16.5. The van der Waals surface area contributed by atoms with E-state index in [4.69, 9.17) is 9.47 Å². The standard InChI is InChI=1S/C14H20N4O2/c1-15-9-13-10-18(17-16-13)7-8-20-11-12-3-5-14(19-2)6-4-12/h3-6,10,15H,7-9,11H2,1-2H3. The lowest BCUT2D eigenvalue weighted by molar-refractivity contribution is 0.110. The molecule has 0 aliphatic carbocycles. The van der Waals surface area contributed by atoms with Crippen molar-refractivity contribution in [2.45, 2.75) is 19.7 Å². The van der Waals surface area contributed by atoms with E-state index in [0.29, 0.717) is 19.8 Å². The van der Waals surface area contributed by atoms with Gasteiger partial charge in [-0.05, 0) is 24.7 Å². The lowest BCUT2D eigenvalue weighted by atomic mass is 10.2. The quantitative estimate of drug-likeness (QED) is 0.735. The molecule has 1 aromatic heterocycles. The molecule has 1 heterocycles. The maximum atomic E-state index is 5.62. The monoisotopic (exact) mass is 276 g/mol. The van der Waals surface area contributed by atoms with E-state index in [2.05, 4.69) is 15.6 Å². The van der Waals surface area contributed by atoms with Crippen molar-refractivity contribution in [1.82, 2.24) is 20.3 Å². The van der Waals surface area contributed by atoms with Gasteiger partial charge in [0.25, 0.3) is 0 Å². The largest absolute Gasteiger partial charge is 0.497 e. The molecule has 6 nitrogen and oxygen atoms in total. The molecule has 0 aliphatic heterocycles. The smallest absolute Gasteiger partial charge is 0.118 e. The first kappa shape index (κ1) is 14.5. The molecular formula is C14H20N4O2. The van der Waals surface area contributed by atoms with Gasteiger partial charge in [-0.15, -0.1) is 5.10 Å². The lowest BCUT2D eigenvalue weighted by Gasteiger charge is -2.05. The maximum Gasteiger partial charge on any atom is 0.118 e. The summed E-state index contributed by atoms with van der Waals surface area (Å²) in [5.41, 5.74) is 2.06. The minimum atomic E-state index is 0.585. The van der Waals surface area contributed by atoms with Crippen molar-refractivity contribution >= 4 is 0 Å². The van der Waals surface area contributed by atoms with Gasteiger partial charge >= 0.3 is 0 Å². The molecule has 6 heteroatoms. The number of nitrogens with one attached hydrogen (secondary N) is 1. The number of methoxy groups -OCH3 is 1. The van der Waals surface area contributed by atoms with Crippen LogP contribution in [0.3, 0.4) is 0 Å². The highest BCUT2D eigenvalue weighted by Gasteiger charge is 2.00. The summed E-state index contributed by atoms with van der Waals surface area (Å²) in [6.07, 6.45) is 1.92. The fourth-order valence-corrected chi connectivity index (χ4v) is 1.78. The third kappa shape index (κ3) is 4.32. The summed E-state index contributed by atoms with van der Waals surface area (Å²) < 4.78 is 12.5. The topological polar surface area (TPSA) is 61.2 Å². The van der Waals surface area contributed by atoms with Crippen LogP contribution in [0.15, 0.2) is 30.5 Å². The van der Waals surface area contributed by atoms with Gasteiger partial charge in [0, 0.05) is 12.7 Å². The summed E-state index contributed by atoms with van der Waals surface area (Å²) in [6.45, 7) is 2.62. The van der Waals surface area contributed by atoms with Crippen molar-refractivity contribution in [2.75, 3.05) is 20.8 Å². The van der Waals surface area contributed by atoms with Crippen LogP contribution in [0.5, 0.6) is 5.75 Å². The van der Waals surface area contributed by atoms with Crippen molar-refractivity contribution < 1.29 is 9.47 Å². The first-order valence-electron chi connectivity index (χ1n) is 6.56. The fraction of sp³-hybridized carbons (Fsp3) is 0.429. The van der Waals surface area contributed by atoms with Crippen LogP contribution in [-0.2, 0) is 24.4 Å². The van der Waals surface area contributed by atoms with E-state index < -0.39 is 0 Å². The number of benzene rings is 1. The molecular weight excluding hydrogens is 256 g/mol. The molecule has 0 radical (unpaired) electrons. The molecule has 0 fully saturated rings. The Morgan fingerprint density at radius 1 is 1.25 bits per heavy atom. The van der Waals surface area contributed by atoms with Crippen LogP contribution in [-0.4, -0.2) is 35.8 Å². The Hall–Kier alpha value is -1.92. The summed E-state index contributed by atoms with van der Waals surface area (Å²) in [4.78, 5) is 0. The minimum Gasteiger partial charge on any atom is -0.497 e. The second-order valence-corrected chi connectivity index (χ2v) is 4.40. The fourth-order valence-electron chi connectivity index (χ4n) is 1.78. The van der Waals surface area contributed by atoms with Gasteiger partial charge in [-0.1, -0.05) is 17.3 Å². The molecule has 2 rings (SSSR count). The Labute approximate surface area is 118 Å². The Bertz CT molecular complexity index is 510. The average Bonchev–Trinajstić information content (AvgIpc) is 2.92. The van der Waals surface area contributed by atoms with E-state index in [1.807, 2.05) is 37.5 Å². The van der Waals surface area contributed by atoms with Gasteiger partial charge in [0.15, 0.2) is 0 Å². The molecule has 0 saturated heterocycles. The maximum absolute atomic E-state index is 5.62. The predicted molar refractivity (Wildman–Crippen MR) is 75.4 cm³/mol. The van der Waals surface area contributed by atoms with E-state index in [9.17, 15) is 0 Å². The Morgan fingerprint density at radius 3 is 2.75 bits per heavy atom. The van der Waals surface area contributed by atoms with Crippen molar-refractivity contribution in [3.8, 4) is 5.75 Å². The highest BCUT2D eigenvalue weighted by molar-refractivity contribution is 5.26. The second-order valence-electron chi connectivity index (χ2n) is 4.40. The molecule has 0 unspecified atom stereocenters. The highest BCUT2D eigenvalue weighted by Crippen LogP contribution is 2.11. The van der Waals surface area contributed by atoms with E-state index in [0.717, 1.165) is 23.6 Å². The molecule has 0 bridgehead atoms. The minimum absolute atomic E-state index is 0.585. The molecule has 0 spiro atoms. The van der Waals surface area contributed by atoms with Crippen molar-refractivity contribution in [3.63, 3.8) is 0 Å². The Balaban J connectivity index is 1.69. The van der Waals surface area contributed by atoms with E-state index in [-0.39, 0.29) is 0 Å². The number of nitrogens with zero attached hydrogens (tertiary/aromatic N) is 3. The summed E-state index contributed by atoms with van der Waals surface area (Å²) >= 11 is 0. The normalized spacial score (nSPS) is 10.7. The first-order valence-corrected chi connectivity index (χ1v) is 6.56. The summed E-state index contributed by atoms with van der Waals surface area (Å²) in [7, 11) is 3.54. The van der Waals surface area contributed by atoms with Gasteiger partial charge in [-0.3, -0.25) is 0 Å². The number of aromatic nitrogens is 3. The van der Waals surface area contributed by atoms with Crippen LogP contribution >= 0.6 is 0 Å². The summed E-state index contributed by atoms with van der Waals surface area (Å²) in [6, 6.07) is 7.86. The van der Waals surface area contributed by atoms with Crippen LogP contribution in [0.4, 0.5) is 0 Å². The van der Waals surface area contributed by atoms with E-state index in [1.165, 1.54) is 0 Å². The van der Waals surface area contributed by atoms with Gasteiger partial charge in [-0.25, -0.2) is 4.68 Å². The van der Waals surface area contributed by atoms with Crippen LogP contribution in [0.25, 0.3) is 0 Å². The number of ether oxygens (including phenoxy) is 2. The molecule has 0 aliphatic rings. The molecule has 108 valence electrons. The second kappa shape index (κ2) is 7.62. The van der Waals surface area contributed by atoms with Crippen LogP contribution in [0.2, 0.25) is 0 Å². The van der Waals surface area contributed by atoms with Gasteiger partial charge in [0.1, 0.15) is 5.75 Å². The molecule has 1 N–H and O–H groups in total. The van der Waals surface area contributed by atoms with Crippen LogP contribution in [0, 0.1) is 0 Å². The van der Waals surface area contributed by atoms with Gasteiger partial charge in [0.05, 0.1) is 32.6 Å². The molecule has 0 saturated carbocycles. The van der Waals surface area contributed by atoms with Crippen molar-refractivity contribution in [3.05, 3.63) is 41.7 Å². The SMILES string of the molecule is CNCc1cn(CCOCc2ccc(OC)cc2)nn1. The molecule has 20 heavy (non-hydrogen) atoms. The molecule has 0 atom stereocenters. The van der Waals surface area contributed by atoms with Crippen LogP contribution < -0.4 is 10.1 Å². The Kier molecular flexibility index (Phi) is 5.52. The molecule has 2 aromatic rings. The van der Waals surface area contributed by atoms with Gasteiger partial charge < -0.3 is 14.8 Å². The molecule has 0 amide bonds. The summed E-state index contributed by atoms with van der Waals surface area (Å²) in [5, 5.41) is 11.1. The average molecular weight is 276 g/mol. The summed E-state index contributed by atoms with van der Waals surface area (Å²) in [5.74, 6) is 0.855. The third-order valence-corrected chi connectivity index (χ3v) is 2.84. The van der Waals surface area contributed by atoms with Crippen molar-refractivity contribution in [1.29, 1.82) is 0 Å². The number of hydrogen-bond acceptors (Lipinski definition) is 5. The zero-order valence-electron chi connectivity index (χ0n) is 11.9. The van der Waals surface area contributed by atoms with Gasteiger partial charge in [-0.2, -0.15) is 0 Å². The van der Waals surface area contributed by atoms with Crippen molar-refractivity contribution in [2.24, 2.45) is 0 Å². The first-order chi connectivity index (χ1) is 9.81. The van der Waals surface area contributed by atoms with E-state index >= 15 is 0 Å². The Morgan fingerprint density at radius 2 is 2.05 bits per heavy atom. The molecule has 1 aromatic carbocycles. The van der Waals surface area contributed by atoms with Gasteiger partial charge in [0.2, 0.25) is 0 Å². The lowest BCUT2D eigenvalue weighted by Crippen LogP contribution is -2.07. The third-order valence-electron chi connectivity index (χ3n) is 2.84. The predicted octanol–water partition coefficient (Wildman–Crippen LogP) is 1.22. The van der Waals surface area contributed by atoms with Crippen LogP contribution in [0.1, 0.15) is 11.3 Å².